The fourth-order valence-electron chi connectivity index (χ4n) is 3.61. The maximum Gasteiger partial charge on any atom is 0.240 e. The van der Waals surface area contributed by atoms with Crippen molar-refractivity contribution in [3.8, 4) is 17.1 Å². The first kappa shape index (κ1) is 20.7. The van der Waals surface area contributed by atoms with Gasteiger partial charge in [-0.3, -0.25) is 14.5 Å². The molecule has 0 aliphatic heterocycles. The molecule has 0 aliphatic rings. The van der Waals surface area contributed by atoms with Gasteiger partial charge in [-0.05, 0) is 51.2 Å². The summed E-state index contributed by atoms with van der Waals surface area (Å²) in [6.45, 7) is 6.46. The normalized spacial score (nSPS) is 10.9. The number of hydrogen-bond acceptors (Lipinski definition) is 4. The first-order chi connectivity index (χ1) is 14.9. The first-order valence-corrected chi connectivity index (χ1v) is 10.4. The summed E-state index contributed by atoms with van der Waals surface area (Å²) in [5.41, 5.74) is 5.92. The molecule has 4 aromatic rings. The molecule has 0 bridgehead atoms. The summed E-state index contributed by atoms with van der Waals surface area (Å²) in [5, 5.41) is 14.8. The second kappa shape index (κ2) is 8.69. The Kier molecular flexibility index (Phi) is 5.81. The number of amides is 1. The van der Waals surface area contributed by atoms with Gasteiger partial charge in [-0.1, -0.05) is 42.0 Å². The molecule has 0 atom stereocenters. The van der Waals surface area contributed by atoms with Crippen LogP contribution in [0.2, 0.25) is 0 Å². The third-order valence-corrected chi connectivity index (χ3v) is 5.55. The van der Waals surface area contributed by atoms with Crippen LogP contribution in [0.5, 0.6) is 0 Å². The number of H-pyrrole nitrogens is 1. The molecule has 0 aliphatic carbocycles. The highest BCUT2D eigenvalue weighted by Gasteiger charge is 2.16. The largest absolute Gasteiger partial charge is 0.350 e. The van der Waals surface area contributed by atoms with E-state index in [0.717, 1.165) is 33.8 Å². The number of carbonyl (C=O) groups is 1. The zero-order chi connectivity index (χ0) is 22.0. The van der Waals surface area contributed by atoms with Crippen molar-refractivity contribution in [1.82, 2.24) is 29.9 Å². The van der Waals surface area contributed by atoms with E-state index in [1.807, 2.05) is 80.1 Å². The van der Waals surface area contributed by atoms with E-state index in [1.54, 1.807) is 4.57 Å². The van der Waals surface area contributed by atoms with Crippen LogP contribution in [0.15, 0.2) is 54.6 Å². The van der Waals surface area contributed by atoms with Crippen molar-refractivity contribution in [3.05, 3.63) is 81.9 Å². The summed E-state index contributed by atoms with van der Waals surface area (Å²) in [6.07, 6.45) is 0. The van der Waals surface area contributed by atoms with E-state index in [1.165, 1.54) is 0 Å². The average Bonchev–Trinajstić information content (AvgIpc) is 3.26. The summed E-state index contributed by atoms with van der Waals surface area (Å²) >= 11 is 5.35. The number of aromatic nitrogens is 5. The highest BCUT2D eigenvalue weighted by atomic mass is 32.1. The van der Waals surface area contributed by atoms with Crippen LogP contribution in [0.1, 0.15) is 22.5 Å². The Hall–Kier alpha value is -3.52. The van der Waals surface area contributed by atoms with Gasteiger partial charge in [-0.25, -0.2) is 4.68 Å². The second-order valence-corrected chi connectivity index (χ2v) is 7.87. The SMILES string of the molecule is Cc1cccc(-c2n[nH]c(=S)n2CC(=O)NCc2c(C)nn(-c3ccccc3)c2C)c1. The lowest BCUT2D eigenvalue weighted by atomic mass is 10.1. The molecular formula is C23H24N6OS. The third kappa shape index (κ3) is 4.34. The van der Waals surface area contributed by atoms with Crippen molar-refractivity contribution in [3.63, 3.8) is 0 Å². The van der Waals surface area contributed by atoms with Crippen molar-refractivity contribution in [2.24, 2.45) is 0 Å². The summed E-state index contributed by atoms with van der Waals surface area (Å²) < 4.78 is 4.03. The van der Waals surface area contributed by atoms with Crippen molar-refractivity contribution in [1.29, 1.82) is 0 Å². The fourth-order valence-corrected chi connectivity index (χ4v) is 3.80. The molecule has 0 fully saturated rings. The molecule has 2 heterocycles. The number of para-hydroxylation sites is 1. The van der Waals surface area contributed by atoms with Gasteiger partial charge in [0, 0.05) is 23.4 Å². The maximum absolute atomic E-state index is 12.7. The zero-order valence-corrected chi connectivity index (χ0v) is 18.5. The Balaban J connectivity index is 1.50. The summed E-state index contributed by atoms with van der Waals surface area (Å²) in [4.78, 5) is 12.7. The van der Waals surface area contributed by atoms with Gasteiger partial charge in [0.25, 0.3) is 0 Å². The lowest BCUT2D eigenvalue weighted by Crippen LogP contribution is -2.28. The average molecular weight is 433 g/mol. The van der Waals surface area contributed by atoms with Crippen LogP contribution in [0.4, 0.5) is 0 Å². The molecular weight excluding hydrogens is 408 g/mol. The van der Waals surface area contributed by atoms with Gasteiger partial charge in [-0.2, -0.15) is 10.2 Å². The van der Waals surface area contributed by atoms with Gasteiger partial charge in [0.1, 0.15) is 6.54 Å². The molecule has 0 radical (unpaired) electrons. The summed E-state index contributed by atoms with van der Waals surface area (Å²) in [7, 11) is 0. The Morgan fingerprint density at radius 1 is 1.10 bits per heavy atom. The predicted octanol–water partition coefficient (Wildman–Crippen LogP) is 4.04. The van der Waals surface area contributed by atoms with Crippen LogP contribution in [0.25, 0.3) is 17.1 Å². The molecule has 1 amide bonds. The minimum Gasteiger partial charge on any atom is -0.350 e. The molecule has 7 nitrogen and oxygen atoms in total. The Labute approximate surface area is 185 Å². The van der Waals surface area contributed by atoms with Crippen molar-refractivity contribution < 1.29 is 4.79 Å². The number of hydrogen-bond donors (Lipinski definition) is 2. The molecule has 0 saturated carbocycles. The molecule has 2 N–H and O–H groups in total. The lowest BCUT2D eigenvalue weighted by molar-refractivity contribution is -0.121. The topological polar surface area (TPSA) is 80.5 Å². The van der Waals surface area contributed by atoms with Gasteiger partial charge in [-0.15, -0.1) is 0 Å². The number of benzene rings is 2. The van der Waals surface area contributed by atoms with Crippen LogP contribution >= 0.6 is 12.2 Å². The number of aryl methyl sites for hydroxylation is 2. The van der Waals surface area contributed by atoms with E-state index in [2.05, 4.69) is 20.6 Å². The van der Waals surface area contributed by atoms with Crippen LogP contribution in [-0.2, 0) is 17.9 Å². The minimum absolute atomic E-state index is 0.0868. The van der Waals surface area contributed by atoms with Crippen LogP contribution in [-0.4, -0.2) is 30.5 Å². The van der Waals surface area contributed by atoms with Crippen molar-refractivity contribution in [2.45, 2.75) is 33.9 Å². The van der Waals surface area contributed by atoms with Gasteiger partial charge in [0.05, 0.1) is 11.4 Å². The number of nitrogens with zero attached hydrogens (tertiary/aromatic N) is 4. The molecule has 0 spiro atoms. The monoisotopic (exact) mass is 432 g/mol. The Bertz CT molecular complexity index is 1290. The predicted molar refractivity (Wildman–Crippen MR) is 122 cm³/mol. The minimum atomic E-state index is -0.141. The maximum atomic E-state index is 12.7. The van der Waals surface area contributed by atoms with E-state index in [-0.39, 0.29) is 12.5 Å². The summed E-state index contributed by atoms with van der Waals surface area (Å²) in [6, 6.07) is 17.9. The highest BCUT2D eigenvalue weighted by Crippen LogP contribution is 2.19. The molecule has 2 aromatic carbocycles. The molecule has 0 saturated heterocycles. The quantitative estimate of drug-likeness (QED) is 0.451. The third-order valence-electron chi connectivity index (χ3n) is 5.24. The van der Waals surface area contributed by atoms with Gasteiger partial charge in [0.2, 0.25) is 5.91 Å². The molecule has 2 aromatic heterocycles. The molecule has 31 heavy (non-hydrogen) atoms. The number of aromatic amines is 1. The van der Waals surface area contributed by atoms with Crippen LogP contribution in [0.3, 0.4) is 0 Å². The lowest BCUT2D eigenvalue weighted by Gasteiger charge is -2.09. The van der Waals surface area contributed by atoms with E-state index < -0.39 is 0 Å². The summed E-state index contributed by atoms with van der Waals surface area (Å²) in [5.74, 6) is 0.505. The van der Waals surface area contributed by atoms with E-state index in [4.69, 9.17) is 12.2 Å². The molecule has 8 heteroatoms. The first-order valence-electron chi connectivity index (χ1n) is 10.0. The fraction of sp³-hybridized carbons (Fsp3) is 0.217. The standard InChI is InChI=1S/C23H24N6OS/c1-15-8-7-9-18(12-15)22-25-26-23(31)28(22)14-21(30)24-13-20-16(2)27-29(17(20)3)19-10-5-4-6-11-19/h4-12H,13-14H2,1-3H3,(H,24,30)(H,26,31). The molecule has 158 valence electrons. The smallest absolute Gasteiger partial charge is 0.240 e. The van der Waals surface area contributed by atoms with Gasteiger partial charge < -0.3 is 5.32 Å². The van der Waals surface area contributed by atoms with E-state index >= 15 is 0 Å². The number of rotatable bonds is 6. The Morgan fingerprint density at radius 3 is 2.61 bits per heavy atom. The number of nitrogens with one attached hydrogen (secondary N) is 2. The highest BCUT2D eigenvalue weighted by molar-refractivity contribution is 7.71. The van der Waals surface area contributed by atoms with Crippen LogP contribution < -0.4 is 5.32 Å². The van der Waals surface area contributed by atoms with Gasteiger partial charge in [0.15, 0.2) is 10.6 Å². The van der Waals surface area contributed by atoms with E-state index in [9.17, 15) is 4.79 Å². The Morgan fingerprint density at radius 2 is 1.87 bits per heavy atom. The van der Waals surface area contributed by atoms with Crippen molar-refractivity contribution >= 4 is 18.1 Å². The van der Waals surface area contributed by atoms with E-state index in [0.29, 0.717) is 17.1 Å². The van der Waals surface area contributed by atoms with Crippen LogP contribution in [0, 0.1) is 25.5 Å². The number of carbonyl (C=O) groups excluding carboxylic acids is 1. The zero-order valence-electron chi connectivity index (χ0n) is 17.7. The van der Waals surface area contributed by atoms with Crippen molar-refractivity contribution in [2.75, 3.05) is 0 Å². The van der Waals surface area contributed by atoms with Gasteiger partial charge >= 0.3 is 0 Å². The second-order valence-electron chi connectivity index (χ2n) is 7.48. The molecule has 4 rings (SSSR count). The molecule has 0 unspecified atom stereocenters.